The van der Waals surface area contributed by atoms with Crippen LogP contribution >= 0.6 is 0 Å². The van der Waals surface area contributed by atoms with Gasteiger partial charge in [0.1, 0.15) is 6.61 Å². The van der Waals surface area contributed by atoms with Crippen molar-refractivity contribution in [2.24, 2.45) is 5.41 Å². The lowest BCUT2D eigenvalue weighted by Gasteiger charge is -2.33. The largest absolute Gasteiger partial charge is 0.445 e. The standard InChI is InChI=1S/C24H36N2O4S/c1-24(13-15-25-16-14-24)12-6-3-7-19-31(28,29)22-10-17-26(18-11-22)23(27)30-20-21-8-4-2-5-9-21/h2-5,7-9,22,25H,6,10-20H2,1H3. The van der Waals surface area contributed by atoms with Crippen molar-refractivity contribution in [2.75, 3.05) is 31.9 Å². The number of carbonyl (C=O) groups excluding carboxylic acids is 1. The average Bonchev–Trinajstić information content (AvgIpc) is 2.78. The average molecular weight is 449 g/mol. The summed E-state index contributed by atoms with van der Waals surface area (Å²) in [5, 5.41) is 3.01. The summed E-state index contributed by atoms with van der Waals surface area (Å²) in [7, 11) is -3.18. The van der Waals surface area contributed by atoms with Crippen LogP contribution in [0.15, 0.2) is 42.5 Å². The molecule has 6 nitrogen and oxygen atoms in total. The van der Waals surface area contributed by atoms with Gasteiger partial charge in [-0.2, -0.15) is 0 Å². The smallest absolute Gasteiger partial charge is 0.410 e. The molecule has 2 fully saturated rings. The summed E-state index contributed by atoms with van der Waals surface area (Å²) in [6.07, 6.45) is 8.83. The van der Waals surface area contributed by atoms with Gasteiger partial charge in [0.25, 0.3) is 0 Å². The van der Waals surface area contributed by atoms with E-state index in [-0.39, 0.29) is 23.7 Å². The molecule has 1 amide bonds. The lowest BCUT2D eigenvalue weighted by Crippen LogP contribution is -2.43. The molecular formula is C24H36N2O4S. The summed E-state index contributed by atoms with van der Waals surface area (Å²) in [6.45, 7) is 5.57. The summed E-state index contributed by atoms with van der Waals surface area (Å²) in [5.41, 5.74) is 1.31. The maximum atomic E-state index is 12.7. The van der Waals surface area contributed by atoms with Crippen LogP contribution in [0.3, 0.4) is 0 Å². The monoisotopic (exact) mass is 448 g/mol. The molecule has 2 aliphatic rings. The minimum Gasteiger partial charge on any atom is -0.445 e. The molecule has 0 unspecified atom stereocenters. The normalized spacial score (nSPS) is 20.1. The first kappa shape index (κ1) is 23.8. The number of rotatable bonds is 8. The molecular weight excluding hydrogens is 412 g/mol. The van der Waals surface area contributed by atoms with Crippen molar-refractivity contribution in [3.63, 3.8) is 0 Å². The van der Waals surface area contributed by atoms with Gasteiger partial charge < -0.3 is 15.0 Å². The number of nitrogens with one attached hydrogen (secondary N) is 1. The molecule has 0 radical (unpaired) electrons. The van der Waals surface area contributed by atoms with Crippen LogP contribution in [0.4, 0.5) is 4.79 Å². The van der Waals surface area contributed by atoms with Crippen LogP contribution in [-0.4, -0.2) is 56.6 Å². The SMILES string of the molecule is CC1(CCC=CCS(=O)(=O)C2CCN(C(=O)OCc3ccccc3)CC2)CCNCC1. The Labute approximate surface area is 187 Å². The molecule has 2 aliphatic heterocycles. The molecule has 1 aromatic rings. The number of hydrogen-bond acceptors (Lipinski definition) is 5. The molecule has 0 atom stereocenters. The third kappa shape index (κ3) is 7.35. The molecule has 31 heavy (non-hydrogen) atoms. The fraction of sp³-hybridized carbons (Fsp3) is 0.625. The van der Waals surface area contributed by atoms with E-state index in [0.717, 1.165) is 31.5 Å². The number of nitrogens with zero attached hydrogens (tertiary/aromatic N) is 1. The second-order valence-electron chi connectivity index (χ2n) is 9.13. The fourth-order valence-electron chi connectivity index (χ4n) is 4.38. The summed E-state index contributed by atoms with van der Waals surface area (Å²) in [6, 6.07) is 9.54. The summed E-state index contributed by atoms with van der Waals surface area (Å²) in [4.78, 5) is 13.9. The second-order valence-corrected chi connectivity index (χ2v) is 11.5. The zero-order valence-electron chi connectivity index (χ0n) is 18.6. The van der Waals surface area contributed by atoms with Gasteiger partial charge in [0, 0.05) is 13.1 Å². The zero-order valence-corrected chi connectivity index (χ0v) is 19.4. The van der Waals surface area contributed by atoms with Crippen LogP contribution in [0, 0.1) is 5.41 Å². The highest BCUT2D eigenvalue weighted by Gasteiger charge is 2.31. The van der Waals surface area contributed by atoms with Gasteiger partial charge in [-0.15, -0.1) is 0 Å². The van der Waals surface area contributed by atoms with Crippen molar-refractivity contribution in [3.05, 3.63) is 48.0 Å². The van der Waals surface area contributed by atoms with Crippen molar-refractivity contribution in [1.82, 2.24) is 10.2 Å². The van der Waals surface area contributed by atoms with E-state index >= 15 is 0 Å². The highest BCUT2D eigenvalue weighted by atomic mass is 32.2. The number of sulfone groups is 1. The van der Waals surface area contributed by atoms with Crippen LogP contribution in [0.1, 0.15) is 51.0 Å². The van der Waals surface area contributed by atoms with Gasteiger partial charge in [0.15, 0.2) is 9.84 Å². The quantitative estimate of drug-likeness (QED) is 0.610. The van der Waals surface area contributed by atoms with Gasteiger partial charge in [-0.25, -0.2) is 13.2 Å². The molecule has 1 aromatic carbocycles. The van der Waals surface area contributed by atoms with Gasteiger partial charge in [0.05, 0.1) is 11.0 Å². The zero-order chi connectivity index (χ0) is 22.2. The molecule has 172 valence electrons. The molecule has 3 rings (SSSR count). The Bertz CT molecular complexity index is 824. The molecule has 0 bridgehead atoms. The van der Waals surface area contributed by atoms with Gasteiger partial charge in [0.2, 0.25) is 0 Å². The third-order valence-electron chi connectivity index (χ3n) is 6.63. The van der Waals surface area contributed by atoms with Crippen molar-refractivity contribution in [1.29, 1.82) is 0 Å². The van der Waals surface area contributed by atoms with Crippen molar-refractivity contribution in [2.45, 2.75) is 57.3 Å². The number of ether oxygens (including phenoxy) is 1. The Morgan fingerprint density at radius 1 is 1.16 bits per heavy atom. The number of likely N-dealkylation sites (tertiary alicyclic amines) is 1. The number of benzene rings is 1. The van der Waals surface area contributed by atoms with E-state index in [4.69, 9.17) is 4.74 Å². The summed E-state index contributed by atoms with van der Waals surface area (Å²) < 4.78 is 30.8. The van der Waals surface area contributed by atoms with Crippen LogP contribution in [0.2, 0.25) is 0 Å². The molecule has 0 saturated carbocycles. The van der Waals surface area contributed by atoms with E-state index < -0.39 is 9.84 Å². The van der Waals surface area contributed by atoms with E-state index in [2.05, 4.69) is 12.2 Å². The maximum absolute atomic E-state index is 12.7. The van der Waals surface area contributed by atoms with E-state index in [9.17, 15) is 13.2 Å². The van der Waals surface area contributed by atoms with Crippen molar-refractivity contribution in [3.8, 4) is 0 Å². The third-order valence-corrected chi connectivity index (χ3v) is 8.78. The molecule has 0 spiro atoms. The second kappa shape index (κ2) is 11.1. The molecule has 2 saturated heterocycles. The van der Waals surface area contributed by atoms with E-state index in [0.29, 0.717) is 31.3 Å². The van der Waals surface area contributed by atoms with E-state index in [1.165, 1.54) is 12.8 Å². The summed E-state index contributed by atoms with van der Waals surface area (Å²) >= 11 is 0. The molecule has 0 aromatic heterocycles. The number of amides is 1. The maximum Gasteiger partial charge on any atom is 0.410 e. The predicted octanol–water partition coefficient (Wildman–Crippen LogP) is 3.93. The lowest BCUT2D eigenvalue weighted by molar-refractivity contribution is 0.0897. The minimum atomic E-state index is -3.18. The van der Waals surface area contributed by atoms with E-state index in [1.807, 2.05) is 42.5 Å². The van der Waals surface area contributed by atoms with Crippen LogP contribution < -0.4 is 5.32 Å². The van der Waals surface area contributed by atoms with Gasteiger partial charge in [-0.05, 0) is 62.6 Å². The first-order valence-electron chi connectivity index (χ1n) is 11.4. The summed E-state index contributed by atoms with van der Waals surface area (Å²) in [5.74, 6) is 0.0917. The number of carbonyl (C=O) groups is 1. The number of hydrogen-bond donors (Lipinski definition) is 1. The van der Waals surface area contributed by atoms with Gasteiger partial charge in [-0.3, -0.25) is 0 Å². The fourth-order valence-corrected chi connectivity index (χ4v) is 5.98. The Morgan fingerprint density at radius 3 is 2.52 bits per heavy atom. The first-order chi connectivity index (χ1) is 14.9. The van der Waals surface area contributed by atoms with E-state index in [1.54, 1.807) is 4.90 Å². The lowest BCUT2D eigenvalue weighted by atomic mass is 9.77. The highest BCUT2D eigenvalue weighted by molar-refractivity contribution is 7.92. The number of piperidine rings is 2. The minimum absolute atomic E-state index is 0.0917. The van der Waals surface area contributed by atoms with Crippen LogP contribution in [-0.2, 0) is 21.2 Å². The van der Waals surface area contributed by atoms with Crippen molar-refractivity contribution < 1.29 is 17.9 Å². The van der Waals surface area contributed by atoms with Gasteiger partial charge >= 0.3 is 6.09 Å². The molecule has 0 aliphatic carbocycles. The predicted molar refractivity (Wildman–Crippen MR) is 124 cm³/mol. The Balaban J connectivity index is 1.37. The molecule has 2 heterocycles. The number of allylic oxidation sites excluding steroid dienone is 1. The molecule has 7 heteroatoms. The Morgan fingerprint density at radius 2 is 1.84 bits per heavy atom. The highest BCUT2D eigenvalue weighted by Crippen LogP contribution is 2.33. The van der Waals surface area contributed by atoms with Crippen LogP contribution in [0.5, 0.6) is 0 Å². The topological polar surface area (TPSA) is 75.7 Å². The van der Waals surface area contributed by atoms with Crippen LogP contribution in [0.25, 0.3) is 0 Å². The molecule has 1 N–H and O–H groups in total. The van der Waals surface area contributed by atoms with Gasteiger partial charge in [-0.1, -0.05) is 49.4 Å². The first-order valence-corrected chi connectivity index (χ1v) is 13.1. The Kier molecular flexibility index (Phi) is 8.55. The van der Waals surface area contributed by atoms with Crippen molar-refractivity contribution >= 4 is 15.9 Å². The Hall–Kier alpha value is -1.86.